The molecule has 0 amide bonds. The van der Waals surface area contributed by atoms with Crippen molar-refractivity contribution < 1.29 is 44.0 Å². The molecule has 0 aliphatic heterocycles. The lowest BCUT2D eigenvalue weighted by atomic mass is 10.2. The Kier molecular flexibility index (Phi) is 5.91. The molecule has 4 N–H and O–H groups in total. The van der Waals surface area contributed by atoms with E-state index in [1.165, 1.54) is 10.9 Å². The summed E-state index contributed by atoms with van der Waals surface area (Å²) in [7, 11) is 0. The van der Waals surface area contributed by atoms with Gasteiger partial charge in [-0.3, -0.25) is 0 Å². The fraction of sp³-hybridized carbons (Fsp3) is 0. The maximum Gasteiger partial charge on any atom is 0.371 e. The van der Waals surface area contributed by atoms with Gasteiger partial charge in [0.1, 0.15) is 5.56 Å². The number of aromatic carboxylic acids is 4. The van der Waals surface area contributed by atoms with E-state index in [2.05, 4.69) is 9.52 Å². The number of hydrogen-bond donors (Lipinski definition) is 4. The lowest BCUT2D eigenvalue weighted by Gasteiger charge is -1.98. The van der Waals surface area contributed by atoms with Crippen LogP contribution in [0.4, 0.5) is 0 Å². The molecule has 0 unspecified atom stereocenters. The van der Waals surface area contributed by atoms with Crippen LogP contribution in [0.1, 0.15) is 42.0 Å². The molecule has 2 heterocycles. The largest absolute Gasteiger partial charge is 0.478 e. The van der Waals surface area contributed by atoms with Gasteiger partial charge in [-0.25, -0.2) is 23.9 Å². The first kappa shape index (κ1) is 19.9. The van der Waals surface area contributed by atoms with Gasteiger partial charge in [0, 0.05) is 6.20 Å². The molecule has 0 atom stereocenters. The Bertz CT molecular complexity index is 974. The van der Waals surface area contributed by atoms with E-state index in [1.54, 1.807) is 30.3 Å². The first-order valence-corrected chi connectivity index (χ1v) is 7.38. The molecule has 28 heavy (non-hydrogen) atoms. The number of carbonyl (C=O) groups is 4. The van der Waals surface area contributed by atoms with Crippen molar-refractivity contribution in [3.8, 4) is 5.69 Å². The second-order valence-electron chi connectivity index (χ2n) is 5.06. The van der Waals surface area contributed by atoms with Gasteiger partial charge in [0.05, 0.1) is 5.69 Å². The molecule has 1 aromatic carbocycles. The van der Waals surface area contributed by atoms with Crippen LogP contribution in [0.15, 0.2) is 53.1 Å². The number of rotatable bonds is 5. The van der Waals surface area contributed by atoms with Crippen molar-refractivity contribution >= 4 is 23.9 Å². The number of para-hydroxylation sites is 1. The molecule has 0 radical (unpaired) electrons. The highest BCUT2D eigenvalue weighted by Gasteiger charge is 2.21. The molecule has 11 nitrogen and oxygen atoms in total. The van der Waals surface area contributed by atoms with Crippen LogP contribution in [0.5, 0.6) is 0 Å². The second kappa shape index (κ2) is 8.31. The molecule has 0 spiro atoms. The van der Waals surface area contributed by atoms with E-state index in [1.807, 2.05) is 0 Å². The predicted molar refractivity (Wildman–Crippen MR) is 90.1 cm³/mol. The molecular weight excluding hydrogens is 376 g/mol. The summed E-state index contributed by atoms with van der Waals surface area (Å²) in [6, 6.07) is 10.9. The van der Waals surface area contributed by atoms with Crippen LogP contribution >= 0.6 is 0 Å². The van der Waals surface area contributed by atoms with Gasteiger partial charge >= 0.3 is 23.9 Å². The zero-order valence-electron chi connectivity index (χ0n) is 13.8. The Hall–Kier alpha value is -4.41. The highest BCUT2D eigenvalue weighted by molar-refractivity contribution is 6.00. The molecule has 3 aromatic rings. The average molecular weight is 388 g/mol. The molecule has 0 aliphatic carbocycles. The van der Waals surface area contributed by atoms with Crippen molar-refractivity contribution in [2.45, 2.75) is 0 Å². The van der Waals surface area contributed by atoms with E-state index in [-0.39, 0.29) is 17.1 Å². The summed E-state index contributed by atoms with van der Waals surface area (Å²) in [5.41, 5.74) is -0.204. The SMILES string of the molecule is O=C(O)c1ccc(C(=O)O)o1.O=C(O)c1cn(-c2ccccc2)nc1C(=O)O. The monoisotopic (exact) mass is 388 g/mol. The first-order chi connectivity index (χ1) is 13.2. The third kappa shape index (κ3) is 4.60. The van der Waals surface area contributed by atoms with E-state index < -0.39 is 29.6 Å². The molecule has 2 aromatic heterocycles. The lowest BCUT2D eigenvalue weighted by Crippen LogP contribution is -2.06. The number of carboxylic acids is 4. The zero-order valence-corrected chi connectivity index (χ0v) is 13.8. The maximum absolute atomic E-state index is 10.9. The summed E-state index contributed by atoms with van der Waals surface area (Å²) in [6.07, 6.45) is 1.18. The lowest BCUT2D eigenvalue weighted by molar-refractivity contribution is 0.0628. The van der Waals surface area contributed by atoms with Crippen molar-refractivity contribution in [3.63, 3.8) is 0 Å². The standard InChI is InChI=1S/C11H8N2O4.C6H4O5/c14-10(15)8-6-13(12-9(8)11(16)17)7-4-2-1-3-5-7;7-5(8)3-1-2-4(11-3)6(9)10/h1-6H,(H,14,15)(H,16,17);1-2H,(H,7,8)(H,9,10). The van der Waals surface area contributed by atoms with Crippen LogP contribution in [0.2, 0.25) is 0 Å². The van der Waals surface area contributed by atoms with Crippen molar-refractivity contribution in [3.05, 3.63) is 71.4 Å². The van der Waals surface area contributed by atoms with Crippen LogP contribution in [-0.4, -0.2) is 54.1 Å². The van der Waals surface area contributed by atoms with E-state index in [9.17, 15) is 19.2 Å². The van der Waals surface area contributed by atoms with Crippen molar-refractivity contribution in [2.24, 2.45) is 0 Å². The summed E-state index contributed by atoms with van der Waals surface area (Å²) < 4.78 is 5.64. The van der Waals surface area contributed by atoms with Crippen molar-refractivity contribution in [2.75, 3.05) is 0 Å². The Labute approximate surface area is 155 Å². The molecule has 3 rings (SSSR count). The Balaban J connectivity index is 0.000000221. The summed E-state index contributed by atoms with van der Waals surface area (Å²) in [5, 5.41) is 38.0. The van der Waals surface area contributed by atoms with Gasteiger partial charge in [0.15, 0.2) is 5.69 Å². The summed E-state index contributed by atoms with van der Waals surface area (Å²) >= 11 is 0. The van der Waals surface area contributed by atoms with Crippen LogP contribution in [-0.2, 0) is 0 Å². The number of nitrogens with zero attached hydrogens (tertiary/aromatic N) is 2. The molecule has 0 bridgehead atoms. The van der Waals surface area contributed by atoms with E-state index in [0.717, 1.165) is 12.1 Å². The number of aromatic nitrogens is 2. The normalized spacial score (nSPS) is 9.86. The fourth-order valence-corrected chi connectivity index (χ4v) is 1.97. The highest BCUT2D eigenvalue weighted by Crippen LogP contribution is 2.12. The van der Waals surface area contributed by atoms with Gasteiger partial charge in [-0.2, -0.15) is 5.10 Å². The molecular formula is C17H12N2O9. The third-order valence-electron chi connectivity index (χ3n) is 3.20. The number of carboxylic acid groups (broad SMARTS) is 4. The van der Waals surface area contributed by atoms with Gasteiger partial charge in [0.25, 0.3) is 0 Å². The number of benzene rings is 1. The number of furan rings is 1. The highest BCUT2D eigenvalue weighted by atomic mass is 16.4. The van der Waals surface area contributed by atoms with Crippen molar-refractivity contribution in [1.29, 1.82) is 0 Å². The molecule has 0 fully saturated rings. The first-order valence-electron chi connectivity index (χ1n) is 7.38. The Morgan fingerprint density at radius 3 is 1.64 bits per heavy atom. The Morgan fingerprint density at radius 2 is 1.29 bits per heavy atom. The molecule has 11 heteroatoms. The van der Waals surface area contributed by atoms with Crippen LogP contribution in [0, 0.1) is 0 Å². The van der Waals surface area contributed by atoms with Crippen LogP contribution in [0.3, 0.4) is 0 Å². The van der Waals surface area contributed by atoms with Gasteiger partial charge in [0.2, 0.25) is 11.5 Å². The van der Waals surface area contributed by atoms with Gasteiger partial charge in [-0.05, 0) is 24.3 Å². The topological polar surface area (TPSA) is 180 Å². The molecule has 0 saturated carbocycles. The quantitative estimate of drug-likeness (QED) is 0.504. The smallest absolute Gasteiger partial charge is 0.371 e. The second-order valence-corrected chi connectivity index (χ2v) is 5.06. The maximum atomic E-state index is 10.9. The minimum atomic E-state index is -1.36. The summed E-state index contributed by atoms with van der Waals surface area (Å²) in [5.74, 6) is -5.98. The zero-order chi connectivity index (χ0) is 20.8. The Morgan fingerprint density at radius 1 is 0.750 bits per heavy atom. The van der Waals surface area contributed by atoms with E-state index >= 15 is 0 Å². The van der Waals surface area contributed by atoms with E-state index in [0.29, 0.717) is 5.69 Å². The summed E-state index contributed by atoms with van der Waals surface area (Å²) in [6.45, 7) is 0. The number of hydrogen-bond acceptors (Lipinski definition) is 6. The van der Waals surface area contributed by atoms with Gasteiger partial charge in [-0.1, -0.05) is 18.2 Å². The van der Waals surface area contributed by atoms with Crippen LogP contribution in [0.25, 0.3) is 5.69 Å². The minimum Gasteiger partial charge on any atom is -0.478 e. The van der Waals surface area contributed by atoms with Crippen LogP contribution < -0.4 is 0 Å². The average Bonchev–Trinajstić information content (AvgIpc) is 3.31. The molecule has 144 valence electrons. The fourth-order valence-electron chi connectivity index (χ4n) is 1.97. The van der Waals surface area contributed by atoms with E-state index in [4.69, 9.17) is 20.4 Å². The van der Waals surface area contributed by atoms with Crippen molar-refractivity contribution in [1.82, 2.24) is 9.78 Å². The van der Waals surface area contributed by atoms with Gasteiger partial charge in [-0.15, -0.1) is 0 Å². The summed E-state index contributed by atoms with van der Waals surface area (Å²) in [4.78, 5) is 42.0. The minimum absolute atomic E-state index is 0.332. The molecule has 0 saturated heterocycles. The van der Waals surface area contributed by atoms with Gasteiger partial charge < -0.3 is 24.8 Å². The molecule has 0 aliphatic rings. The predicted octanol–water partition coefficient (Wildman–Crippen LogP) is 1.94. The third-order valence-corrected chi connectivity index (χ3v) is 3.20.